The molecule has 0 aliphatic rings. The van der Waals surface area contributed by atoms with Crippen LogP contribution in [0.2, 0.25) is 0 Å². The summed E-state index contributed by atoms with van der Waals surface area (Å²) < 4.78 is 0. The normalized spacial score (nSPS) is 11.8. The van der Waals surface area contributed by atoms with E-state index >= 15 is 0 Å². The van der Waals surface area contributed by atoms with Crippen molar-refractivity contribution >= 4 is 11.7 Å². The monoisotopic (exact) mass is 299 g/mol. The standard InChI is InChI=1S/C17H21N3O2/c1-3-13-4-6-14(7-5-13)16(11-21)20-17(22)19-15-8-9-18-10-12(15)2/h4-10,16,21H,3,11H2,1-2H3,(H2,18,19,20,22). The number of aliphatic hydroxyl groups excluding tert-OH is 1. The highest BCUT2D eigenvalue weighted by molar-refractivity contribution is 5.90. The third-order valence-corrected chi connectivity index (χ3v) is 3.55. The van der Waals surface area contributed by atoms with E-state index in [1.54, 1.807) is 18.5 Å². The maximum absolute atomic E-state index is 12.1. The Morgan fingerprint density at radius 1 is 1.27 bits per heavy atom. The molecule has 0 saturated heterocycles. The number of urea groups is 1. The zero-order valence-corrected chi connectivity index (χ0v) is 12.8. The summed E-state index contributed by atoms with van der Waals surface area (Å²) in [5.74, 6) is 0. The van der Waals surface area contributed by atoms with Crippen molar-refractivity contribution in [2.75, 3.05) is 11.9 Å². The fourth-order valence-electron chi connectivity index (χ4n) is 2.15. The number of hydrogen-bond acceptors (Lipinski definition) is 3. The Hall–Kier alpha value is -2.40. The molecular weight excluding hydrogens is 278 g/mol. The first kappa shape index (κ1) is 16.0. The lowest BCUT2D eigenvalue weighted by atomic mass is 10.0. The summed E-state index contributed by atoms with van der Waals surface area (Å²) in [6.45, 7) is 3.80. The Labute approximate surface area is 130 Å². The minimum absolute atomic E-state index is 0.159. The average Bonchev–Trinajstić information content (AvgIpc) is 2.55. The van der Waals surface area contributed by atoms with E-state index in [0.717, 1.165) is 17.5 Å². The number of rotatable bonds is 5. The van der Waals surface area contributed by atoms with Gasteiger partial charge in [0.1, 0.15) is 0 Å². The van der Waals surface area contributed by atoms with E-state index in [2.05, 4.69) is 22.5 Å². The van der Waals surface area contributed by atoms with Crippen LogP contribution in [-0.2, 0) is 6.42 Å². The first-order chi connectivity index (χ1) is 10.6. The smallest absolute Gasteiger partial charge is 0.319 e. The topological polar surface area (TPSA) is 74.2 Å². The minimum Gasteiger partial charge on any atom is -0.394 e. The fraction of sp³-hybridized carbons (Fsp3) is 0.294. The second kappa shape index (κ2) is 7.56. The fourth-order valence-corrected chi connectivity index (χ4v) is 2.15. The van der Waals surface area contributed by atoms with Crippen LogP contribution in [0.4, 0.5) is 10.5 Å². The van der Waals surface area contributed by atoms with Crippen molar-refractivity contribution in [2.45, 2.75) is 26.3 Å². The number of carbonyl (C=O) groups excluding carboxylic acids is 1. The van der Waals surface area contributed by atoms with Crippen molar-refractivity contribution in [2.24, 2.45) is 0 Å². The van der Waals surface area contributed by atoms with Gasteiger partial charge in [0.05, 0.1) is 12.6 Å². The quantitative estimate of drug-likeness (QED) is 0.794. The zero-order chi connectivity index (χ0) is 15.9. The zero-order valence-electron chi connectivity index (χ0n) is 12.8. The second-order valence-electron chi connectivity index (χ2n) is 5.12. The number of carbonyl (C=O) groups is 1. The van der Waals surface area contributed by atoms with Gasteiger partial charge < -0.3 is 15.7 Å². The van der Waals surface area contributed by atoms with Crippen LogP contribution in [0.5, 0.6) is 0 Å². The number of nitrogens with one attached hydrogen (secondary N) is 2. The molecule has 5 heteroatoms. The van der Waals surface area contributed by atoms with E-state index in [0.29, 0.717) is 5.69 Å². The summed E-state index contributed by atoms with van der Waals surface area (Å²) in [4.78, 5) is 16.1. The van der Waals surface area contributed by atoms with Crippen LogP contribution in [0.1, 0.15) is 29.7 Å². The van der Waals surface area contributed by atoms with Gasteiger partial charge in [0, 0.05) is 18.1 Å². The average molecular weight is 299 g/mol. The molecule has 116 valence electrons. The number of anilines is 1. The van der Waals surface area contributed by atoms with Crippen LogP contribution in [0.25, 0.3) is 0 Å². The molecule has 3 N–H and O–H groups in total. The highest BCUT2D eigenvalue weighted by Crippen LogP contribution is 2.15. The van der Waals surface area contributed by atoms with Gasteiger partial charge in [0.2, 0.25) is 0 Å². The molecule has 0 aliphatic heterocycles. The Morgan fingerprint density at radius 2 is 2.00 bits per heavy atom. The maximum Gasteiger partial charge on any atom is 0.319 e. The lowest BCUT2D eigenvalue weighted by Gasteiger charge is -2.18. The van der Waals surface area contributed by atoms with E-state index < -0.39 is 6.04 Å². The van der Waals surface area contributed by atoms with Crippen LogP contribution in [0.3, 0.4) is 0 Å². The molecule has 0 aliphatic carbocycles. The number of hydrogen-bond donors (Lipinski definition) is 3. The molecule has 2 rings (SSSR count). The number of aromatic nitrogens is 1. The van der Waals surface area contributed by atoms with Crippen molar-refractivity contribution in [1.82, 2.24) is 10.3 Å². The molecule has 2 amide bonds. The Kier molecular flexibility index (Phi) is 5.49. The Morgan fingerprint density at radius 3 is 2.59 bits per heavy atom. The van der Waals surface area contributed by atoms with Crippen LogP contribution >= 0.6 is 0 Å². The number of amides is 2. The molecule has 5 nitrogen and oxygen atoms in total. The summed E-state index contributed by atoms with van der Waals surface area (Å²) in [5.41, 5.74) is 3.68. The number of aliphatic hydroxyl groups is 1. The van der Waals surface area contributed by atoms with Gasteiger partial charge >= 0.3 is 6.03 Å². The highest BCUT2D eigenvalue weighted by atomic mass is 16.3. The molecule has 1 aromatic carbocycles. The van der Waals surface area contributed by atoms with Crippen molar-refractivity contribution in [3.05, 3.63) is 59.4 Å². The summed E-state index contributed by atoms with van der Waals surface area (Å²) in [6, 6.07) is 8.81. The molecule has 0 spiro atoms. The van der Waals surface area contributed by atoms with E-state index in [1.165, 1.54) is 5.56 Å². The second-order valence-corrected chi connectivity index (χ2v) is 5.12. The number of benzene rings is 1. The molecule has 0 radical (unpaired) electrons. The summed E-state index contributed by atoms with van der Waals surface area (Å²) in [5, 5.41) is 15.1. The van der Waals surface area contributed by atoms with Crippen molar-refractivity contribution in [3.63, 3.8) is 0 Å². The largest absolute Gasteiger partial charge is 0.394 e. The SMILES string of the molecule is CCc1ccc(C(CO)NC(=O)Nc2ccncc2C)cc1. The molecule has 1 aromatic heterocycles. The van der Waals surface area contributed by atoms with Crippen LogP contribution < -0.4 is 10.6 Å². The Balaban J connectivity index is 2.03. The predicted molar refractivity (Wildman–Crippen MR) is 86.8 cm³/mol. The number of pyridine rings is 1. The van der Waals surface area contributed by atoms with Crippen LogP contribution in [0.15, 0.2) is 42.7 Å². The van der Waals surface area contributed by atoms with Crippen LogP contribution in [0, 0.1) is 6.92 Å². The van der Waals surface area contributed by atoms with Gasteiger partial charge in [-0.15, -0.1) is 0 Å². The molecule has 0 fully saturated rings. The molecule has 1 atom stereocenters. The summed E-state index contributed by atoms with van der Waals surface area (Å²) in [7, 11) is 0. The molecule has 2 aromatic rings. The van der Waals surface area contributed by atoms with Gasteiger partial charge in [-0.1, -0.05) is 31.2 Å². The maximum atomic E-state index is 12.1. The molecular formula is C17H21N3O2. The van der Waals surface area contributed by atoms with Gasteiger partial charge in [-0.05, 0) is 36.1 Å². The van der Waals surface area contributed by atoms with Crippen LogP contribution in [-0.4, -0.2) is 22.7 Å². The number of nitrogens with zero attached hydrogens (tertiary/aromatic N) is 1. The van der Waals surface area contributed by atoms with Gasteiger partial charge in [-0.25, -0.2) is 4.79 Å². The summed E-state index contributed by atoms with van der Waals surface area (Å²) >= 11 is 0. The molecule has 22 heavy (non-hydrogen) atoms. The van der Waals surface area contributed by atoms with E-state index in [-0.39, 0.29) is 12.6 Å². The minimum atomic E-state index is -0.437. The number of aryl methyl sites for hydroxylation is 2. The van der Waals surface area contributed by atoms with Gasteiger partial charge in [0.15, 0.2) is 0 Å². The summed E-state index contributed by atoms with van der Waals surface area (Å²) in [6.07, 6.45) is 4.26. The molecule has 1 unspecified atom stereocenters. The third-order valence-electron chi connectivity index (χ3n) is 3.55. The third kappa shape index (κ3) is 4.05. The lowest BCUT2D eigenvalue weighted by Crippen LogP contribution is -2.34. The van der Waals surface area contributed by atoms with Gasteiger partial charge in [-0.2, -0.15) is 0 Å². The van der Waals surface area contributed by atoms with Crippen molar-refractivity contribution < 1.29 is 9.90 Å². The molecule has 0 saturated carbocycles. The van der Waals surface area contributed by atoms with E-state index in [9.17, 15) is 9.90 Å². The van der Waals surface area contributed by atoms with Gasteiger partial charge in [0.25, 0.3) is 0 Å². The van der Waals surface area contributed by atoms with Crippen molar-refractivity contribution in [1.29, 1.82) is 0 Å². The lowest BCUT2D eigenvalue weighted by molar-refractivity contribution is 0.225. The first-order valence-electron chi connectivity index (χ1n) is 7.32. The van der Waals surface area contributed by atoms with E-state index in [4.69, 9.17) is 0 Å². The van der Waals surface area contributed by atoms with Crippen molar-refractivity contribution in [3.8, 4) is 0 Å². The highest BCUT2D eigenvalue weighted by Gasteiger charge is 2.14. The van der Waals surface area contributed by atoms with Gasteiger partial charge in [-0.3, -0.25) is 4.98 Å². The van der Waals surface area contributed by atoms with E-state index in [1.807, 2.05) is 31.2 Å². The molecule has 0 bridgehead atoms. The first-order valence-corrected chi connectivity index (χ1v) is 7.32. The Bertz CT molecular complexity index is 626. The predicted octanol–water partition coefficient (Wildman–Crippen LogP) is 2.81. The molecule has 1 heterocycles.